The Bertz CT molecular complexity index is 685. The molecule has 1 aromatic carbocycles. The standard InChI is InChI=1S/C16H19F3N2O4/c1-4-21(11-7-20(8-11)15(23)24)13-6-10(16(17,18)19)5-12(9(13)2)14(22)25-3/h5-6,11H,4,7-8H2,1-3H3,(H,23,24). The summed E-state index contributed by atoms with van der Waals surface area (Å²) < 4.78 is 44.3. The molecule has 0 atom stereocenters. The maximum atomic E-state index is 13.2. The first-order valence-electron chi connectivity index (χ1n) is 7.64. The third kappa shape index (κ3) is 3.64. The van der Waals surface area contributed by atoms with Crippen molar-refractivity contribution in [3.63, 3.8) is 0 Å². The minimum atomic E-state index is -4.61. The van der Waals surface area contributed by atoms with Crippen LogP contribution in [0.2, 0.25) is 0 Å². The lowest BCUT2D eigenvalue weighted by Gasteiger charge is -2.45. The molecule has 0 aliphatic carbocycles. The van der Waals surface area contributed by atoms with Gasteiger partial charge in [-0.1, -0.05) is 0 Å². The molecule has 1 amide bonds. The number of anilines is 1. The van der Waals surface area contributed by atoms with Crippen LogP contribution in [0.3, 0.4) is 0 Å². The van der Waals surface area contributed by atoms with Crippen LogP contribution >= 0.6 is 0 Å². The smallest absolute Gasteiger partial charge is 0.416 e. The third-order valence-corrected chi connectivity index (χ3v) is 4.34. The van der Waals surface area contributed by atoms with Gasteiger partial charge in [0.1, 0.15) is 0 Å². The van der Waals surface area contributed by atoms with E-state index in [0.29, 0.717) is 12.1 Å². The Balaban J connectivity index is 2.47. The van der Waals surface area contributed by atoms with Crippen molar-refractivity contribution in [2.45, 2.75) is 26.1 Å². The molecule has 0 saturated carbocycles. The molecule has 1 saturated heterocycles. The number of likely N-dealkylation sites (tertiary alicyclic amines) is 1. The van der Waals surface area contributed by atoms with E-state index in [1.54, 1.807) is 18.7 Å². The van der Waals surface area contributed by atoms with E-state index in [9.17, 15) is 22.8 Å². The van der Waals surface area contributed by atoms with Crippen LogP contribution in [0.4, 0.5) is 23.7 Å². The number of ether oxygens (including phenoxy) is 1. The molecule has 6 nitrogen and oxygen atoms in total. The number of benzene rings is 1. The van der Waals surface area contributed by atoms with Crippen molar-refractivity contribution in [1.29, 1.82) is 0 Å². The van der Waals surface area contributed by atoms with Crippen molar-refractivity contribution in [3.05, 3.63) is 28.8 Å². The van der Waals surface area contributed by atoms with Crippen molar-refractivity contribution in [3.8, 4) is 0 Å². The summed E-state index contributed by atoms with van der Waals surface area (Å²) in [5.74, 6) is -0.846. The van der Waals surface area contributed by atoms with Crippen molar-refractivity contribution in [1.82, 2.24) is 4.90 Å². The largest absolute Gasteiger partial charge is 0.465 e. The van der Waals surface area contributed by atoms with Crippen molar-refractivity contribution in [2.24, 2.45) is 0 Å². The number of carbonyl (C=O) groups is 2. The van der Waals surface area contributed by atoms with Gasteiger partial charge in [-0.25, -0.2) is 9.59 Å². The van der Waals surface area contributed by atoms with Gasteiger partial charge in [0.05, 0.1) is 24.3 Å². The second-order valence-corrected chi connectivity index (χ2v) is 5.78. The van der Waals surface area contributed by atoms with Gasteiger partial charge in [0.15, 0.2) is 0 Å². The number of carboxylic acid groups (broad SMARTS) is 1. The second kappa shape index (κ2) is 6.81. The number of likely N-dealkylation sites (N-methyl/N-ethyl adjacent to an activating group) is 1. The number of carbonyl (C=O) groups excluding carboxylic acids is 1. The summed E-state index contributed by atoms with van der Waals surface area (Å²) in [6.45, 7) is 4.10. The summed E-state index contributed by atoms with van der Waals surface area (Å²) in [5, 5.41) is 8.93. The fourth-order valence-electron chi connectivity index (χ4n) is 2.92. The topological polar surface area (TPSA) is 70.1 Å². The van der Waals surface area contributed by atoms with E-state index in [4.69, 9.17) is 5.11 Å². The van der Waals surface area contributed by atoms with E-state index in [1.807, 2.05) is 0 Å². The number of rotatable bonds is 4. The second-order valence-electron chi connectivity index (χ2n) is 5.78. The lowest BCUT2D eigenvalue weighted by molar-refractivity contribution is -0.137. The predicted molar refractivity (Wildman–Crippen MR) is 83.9 cm³/mol. The first kappa shape index (κ1) is 18.9. The summed E-state index contributed by atoms with van der Waals surface area (Å²) in [4.78, 5) is 25.7. The first-order valence-corrected chi connectivity index (χ1v) is 7.64. The van der Waals surface area contributed by atoms with E-state index in [1.165, 1.54) is 4.90 Å². The highest BCUT2D eigenvalue weighted by Gasteiger charge is 2.38. The maximum absolute atomic E-state index is 13.2. The van der Waals surface area contributed by atoms with Crippen LogP contribution in [0.1, 0.15) is 28.4 Å². The highest BCUT2D eigenvalue weighted by molar-refractivity contribution is 5.93. The minimum absolute atomic E-state index is 0.153. The maximum Gasteiger partial charge on any atom is 0.416 e. The summed E-state index contributed by atoms with van der Waals surface area (Å²) in [5.41, 5.74) is -0.468. The molecule has 0 spiro atoms. The first-order chi connectivity index (χ1) is 11.6. The van der Waals surface area contributed by atoms with Crippen LogP contribution in [0.5, 0.6) is 0 Å². The Morgan fingerprint density at radius 3 is 2.40 bits per heavy atom. The van der Waals surface area contributed by atoms with Gasteiger partial charge in [-0.3, -0.25) is 0 Å². The molecule has 1 aliphatic rings. The Labute approximate surface area is 142 Å². The fraction of sp³-hybridized carbons (Fsp3) is 0.500. The number of halogens is 3. The molecule has 1 aliphatic heterocycles. The van der Waals surface area contributed by atoms with Gasteiger partial charge in [0.25, 0.3) is 0 Å². The van der Waals surface area contributed by atoms with Gasteiger partial charge >= 0.3 is 18.2 Å². The number of esters is 1. The summed E-state index contributed by atoms with van der Waals surface area (Å²) >= 11 is 0. The lowest BCUT2D eigenvalue weighted by Crippen LogP contribution is -2.61. The summed E-state index contributed by atoms with van der Waals surface area (Å²) in [6, 6.07) is 1.53. The van der Waals surface area contributed by atoms with Gasteiger partial charge in [0.2, 0.25) is 0 Å². The zero-order chi connectivity index (χ0) is 18.9. The van der Waals surface area contributed by atoms with Crippen LogP contribution in [-0.2, 0) is 10.9 Å². The number of hydrogen-bond acceptors (Lipinski definition) is 4. The lowest BCUT2D eigenvalue weighted by atomic mass is 9.98. The van der Waals surface area contributed by atoms with Crippen molar-refractivity contribution >= 4 is 17.7 Å². The fourth-order valence-corrected chi connectivity index (χ4v) is 2.92. The highest BCUT2D eigenvalue weighted by Crippen LogP contribution is 2.37. The monoisotopic (exact) mass is 360 g/mol. The Morgan fingerprint density at radius 2 is 1.96 bits per heavy atom. The minimum Gasteiger partial charge on any atom is -0.465 e. The number of methoxy groups -OCH3 is 1. The molecular formula is C16H19F3N2O4. The molecule has 25 heavy (non-hydrogen) atoms. The van der Waals surface area contributed by atoms with Gasteiger partial charge < -0.3 is 19.6 Å². The number of hydrogen-bond donors (Lipinski definition) is 1. The van der Waals surface area contributed by atoms with Crippen LogP contribution in [0.15, 0.2) is 12.1 Å². The average molecular weight is 360 g/mol. The molecule has 1 aromatic rings. The molecule has 9 heteroatoms. The van der Waals surface area contributed by atoms with E-state index < -0.39 is 23.8 Å². The molecule has 138 valence electrons. The zero-order valence-electron chi connectivity index (χ0n) is 14.1. The average Bonchev–Trinajstić information content (AvgIpc) is 2.48. The summed E-state index contributed by atoms with van der Waals surface area (Å²) in [6.07, 6.45) is -5.68. The van der Waals surface area contributed by atoms with Gasteiger partial charge in [-0.05, 0) is 31.5 Å². The zero-order valence-corrected chi connectivity index (χ0v) is 14.1. The Kier molecular flexibility index (Phi) is 5.15. The van der Waals surface area contributed by atoms with E-state index in [-0.39, 0.29) is 30.4 Å². The van der Waals surface area contributed by atoms with Gasteiger partial charge in [0, 0.05) is 25.3 Å². The van der Waals surface area contributed by atoms with Gasteiger partial charge in [-0.2, -0.15) is 13.2 Å². The highest BCUT2D eigenvalue weighted by atomic mass is 19.4. The van der Waals surface area contributed by atoms with E-state index in [2.05, 4.69) is 4.74 Å². The third-order valence-electron chi connectivity index (χ3n) is 4.34. The number of nitrogens with zero attached hydrogens (tertiary/aromatic N) is 2. The molecule has 0 radical (unpaired) electrons. The molecule has 1 N–H and O–H groups in total. The number of alkyl halides is 3. The summed E-state index contributed by atoms with van der Waals surface area (Å²) in [7, 11) is 1.11. The molecule has 2 rings (SSSR count). The van der Waals surface area contributed by atoms with Crippen molar-refractivity contribution < 1.29 is 32.6 Å². The normalized spacial score (nSPS) is 14.9. The van der Waals surface area contributed by atoms with E-state index >= 15 is 0 Å². The van der Waals surface area contributed by atoms with E-state index in [0.717, 1.165) is 19.2 Å². The number of amides is 1. The van der Waals surface area contributed by atoms with Gasteiger partial charge in [-0.15, -0.1) is 0 Å². The van der Waals surface area contributed by atoms with Crippen LogP contribution in [-0.4, -0.2) is 54.9 Å². The molecule has 0 bridgehead atoms. The molecular weight excluding hydrogens is 341 g/mol. The van der Waals surface area contributed by atoms with Crippen molar-refractivity contribution in [2.75, 3.05) is 31.6 Å². The predicted octanol–water partition coefficient (Wildman–Crippen LogP) is 2.99. The van der Waals surface area contributed by atoms with Crippen LogP contribution < -0.4 is 4.90 Å². The van der Waals surface area contributed by atoms with Crippen LogP contribution in [0.25, 0.3) is 0 Å². The quantitative estimate of drug-likeness (QED) is 0.836. The SMILES string of the molecule is CCN(c1cc(C(F)(F)F)cc(C(=O)OC)c1C)C1CN(C(=O)O)C1. The van der Waals surface area contributed by atoms with Crippen LogP contribution in [0, 0.1) is 6.92 Å². The Hall–Kier alpha value is -2.45. The Morgan fingerprint density at radius 1 is 1.36 bits per heavy atom. The molecule has 1 fully saturated rings. The molecule has 1 heterocycles. The molecule has 0 unspecified atom stereocenters. The molecule has 0 aromatic heterocycles.